The Labute approximate surface area is 109 Å². The molecule has 0 aliphatic rings. The number of hydrogen-bond donors (Lipinski definition) is 2. The number of carboxylic acid groups (broad SMARTS) is 1. The van der Waals surface area contributed by atoms with Gasteiger partial charge in [0, 0.05) is 12.0 Å². The van der Waals surface area contributed by atoms with E-state index in [2.05, 4.69) is 43.4 Å². The lowest BCUT2D eigenvalue weighted by molar-refractivity contribution is 0.192. The predicted octanol–water partition coefficient (Wildman–Crippen LogP) is 3.75. The van der Waals surface area contributed by atoms with Crippen LogP contribution in [0, 0.1) is 0 Å². The van der Waals surface area contributed by atoms with Crippen molar-refractivity contribution in [1.82, 2.24) is 5.32 Å². The Morgan fingerprint density at radius 1 is 1.33 bits per heavy atom. The van der Waals surface area contributed by atoms with Gasteiger partial charge in [-0.25, -0.2) is 4.79 Å². The van der Waals surface area contributed by atoms with Crippen LogP contribution in [0.25, 0.3) is 0 Å². The van der Waals surface area contributed by atoms with Gasteiger partial charge in [0.15, 0.2) is 0 Å². The zero-order chi connectivity index (χ0) is 13.8. The first-order valence-corrected chi connectivity index (χ1v) is 6.44. The van der Waals surface area contributed by atoms with Gasteiger partial charge in [-0.1, -0.05) is 52.0 Å². The quantitative estimate of drug-likeness (QED) is 0.835. The van der Waals surface area contributed by atoms with Crippen molar-refractivity contribution < 1.29 is 9.90 Å². The maximum Gasteiger partial charge on any atom is 0.404 e. The van der Waals surface area contributed by atoms with Crippen LogP contribution in [-0.4, -0.2) is 17.7 Å². The molecule has 0 aliphatic carbocycles. The SMILES string of the molecule is CCC(C)c1ccc(C(C)(C)CNC(=O)O)cc1. The molecule has 1 aromatic carbocycles. The monoisotopic (exact) mass is 249 g/mol. The van der Waals surface area contributed by atoms with Crippen molar-refractivity contribution in [3.8, 4) is 0 Å². The molecule has 1 amide bonds. The van der Waals surface area contributed by atoms with Gasteiger partial charge in [-0.15, -0.1) is 0 Å². The van der Waals surface area contributed by atoms with E-state index in [0.29, 0.717) is 12.5 Å². The zero-order valence-electron chi connectivity index (χ0n) is 11.7. The van der Waals surface area contributed by atoms with Crippen molar-refractivity contribution in [2.75, 3.05) is 6.54 Å². The molecule has 0 radical (unpaired) electrons. The summed E-state index contributed by atoms with van der Waals surface area (Å²) >= 11 is 0. The third kappa shape index (κ3) is 3.76. The molecule has 1 rings (SSSR count). The maximum absolute atomic E-state index is 10.5. The first-order chi connectivity index (χ1) is 8.36. The Morgan fingerprint density at radius 3 is 2.33 bits per heavy atom. The number of nitrogens with one attached hydrogen (secondary N) is 1. The standard InChI is InChI=1S/C15H23NO2/c1-5-11(2)12-6-8-13(9-7-12)15(3,4)10-16-14(17)18/h6-9,11,16H,5,10H2,1-4H3,(H,17,18). The minimum Gasteiger partial charge on any atom is -0.465 e. The van der Waals surface area contributed by atoms with Crippen LogP contribution in [-0.2, 0) is 5.41 Å². The van der Waals surface area contributed by atoms with Gasteiger partial charge in [-0.2, -0.15) is 0 Å². The van der Waals surface area contributed by atoms with Gasteiger partial charge in [0.25, 0.3) is 0 Å². The molecule has 0 heterocycles. The van der Waals surface area contributed by atoms with Crippen LogP contribution in [0.4, 0.5) is 4.79 Å². The van der Waals surface area contributed by atoms with E-state index >= 15 is 0 Å². The minimum absolute atomic E-state index is 0.188. The lowest BCUT2D eigenvalue weighted by Gasteiger charge is -2.25. The minimum atomic E-state index is -0.973. The number of hydrogen-bond acceptors (Lipinski definition) is 1. The Bertz CT molecular complexity index is 395. The molecule has 0 fully saturated rings. The van der Waals surface area contributed by atoms with E-state index in [-0.39, 0.29) is 5.41 Å². The second-order valence-electron chi connectivity index (χ2n) is 5.47. The van der Waals surface area contributed by atoms with Crippen molar-refractivity contribution in [3.05, 3.63) is 35.4 Å². The molecule has 2 N–H and O–H groups in total. The van der Waals surface area contributed by atoms with Gasteiger partial charge in [0.2, 0.25) is 0 Å². The van der Waals surface area contributed by atoms with E-state index in [1.165, 1.54) is 5.56 Å². The molecule has 0 aromatic heterocycles. The molecule has 100 valence electrons. The number of benzene rings is 1. The highest BCUT2D eigenvalue weighted by molar-refractivity contribution is 5.64. The summed E-state index contributed by atoms with van der Waals surface area (Å²) in [7, 11) is 0. The largest absolute Gasteiger partial charge is 0.465 e. The average molecular weight is 249 g/mol. The molecule has 0 aliphatic heterocycles. The molecule has 1 atom stereocenters. The molecule has 18 heavy (non-hydrogen) atoms. The molecule has 1 unspecified atom stereocenters. The van der Waals surface area contributed by atoms with Crippen molar-refractivity contribution in [2.45, 2.75) is 45.4 Å². The fourth-order valence-corrected chi connectivity index (χ4v) is 1.90. The topological polar surface area (TPSA) is 49.3 Å². The van der Waals surface area contributed by atoms with E-state index in [1.807, 2.05) is 13.8 Å². The van der Waals surface area contributed by atoms with Crippen molar-refractivity contribution in [1.29, 1.82) is 0 Å². The summed E-state index contributed by atoms with van der Waals surface area (Å²) in [5.41, 5.74) is 2.30. The summed E-state index contributed by atoms with van der Waals surface area (Å²) in [6, 6.07) is 8.49. The van der Waals surface area contributed by atoms with Crippen molar-refractivity contribution in [2.24, 2.45) is 0 Å². The summed E-state index contributed by atoms with van der Waals surface area (Å²) in [6.07, 6.45) is 0.155. The third-order valence-corrected chi connectivity index (χ3v) is 3.56. The summed E-state index contributed by atoms with van der Waals surface area (Å²) in [6.45, 7) is 8.90. The van der Waals surface area contributed by atoms with Gasteiger partial charge in [-0.3, -0.25) is 0 Å². The molecule has 0 spiro atoms. The number of amides is 1. The van der Waals surface area contributed by atoms with Gasteiger partial charge < -0.3 is 10.4 Å². The summed E-state index contributed by atoms with van der Waals surface area (Å²) in [4.78, 5) is 10.5. The van der Waals surface area contributed by atoms with Crippen molar-refractivity contribution >= 4 is 6.09 Å². The molecule has 3 heteroatoms. The van der Waals surface area contributed by atoms with E-state index in [0.717, 1.165) is 12.0 Å². The normalized spacial score (nSPS) is 13.1. The summed E-state index contributed by atoms with van der Waals surface area (Å²) in [5, 5.41) is 11.1. The van der Waals surface area contributed by atoms with E-state index < -0.39 is 6.09 Å². The van der Waals surface area contributed by atoms with Crippen LogP contribution in [0.5, 0.6) is 0 Å². The van der Waals surface area contributed by atoms with Gasteiger partial charge in [0.1, 0.15) is 0 Å². The zero-order valence-corrected chi connectivity index (χ0v) is 11.7. The van der Waals surface area contributed by atoms with Gasteiger partial charge in [0.05, 0.1) is 0 Å². The van der Waals surface area contributed by atoms with Crippen LogP contribution in [0.1, 0.15) is 51.2 Å². The highest BCUT2D eigenvalue weighted by Gasteiger charge is 2.21. The number of carbonyl (C=O) groups is 1. The number of rotatable bonds is 5. The summed E-state index contributed by atoms with van der Waals surface area (Å²) < 4.78 is 0. The molecular weight excluding hydrogens is 226 g/mol. The van der Waals surface area contributed by atoms with Crippen LogP contribution in [0.2, 0.25) is 0 Å². The molecule has 3 nitrogen and oxygen atoms in total. The smallest absolute Gasteiger partial charge is 0.404 e. The predicted molar refractivity (Wildman–Crippen MR) is 74.2 cm³/mol. The molecule has 0 saturated carbocycles. The fraction of sp³-hybridized carbons (Fsp3) is 0.533. The van der Waals surface area contributed by atoms with E-state index in [4.69, 9.17) is 5.11 Å². The second-order valence-corrected chi connectivity index (χ2v) is 5.47. The summed E-state index contributed by atoms with van der Waals surface area (Å²) in [5.74, 6) is 0.569. The Hall–Kier alpha value is -1.51. The lowest BCUT2D eigenvalue weighted by Crippen LogP contribution is -2.35. The highest BCUT2D eigenvalue weighted by Crippen LogP contribution is 2.25. The van der Waals surface area contributed by atoms with Gasteiger partial charge in [-0.05, 0) is 23.5 Å². The Balaban J connectivity index is 2.80. The van der Waals surface area contributed by atoms with Crippen LogP contribution in [0.15, 0.2) is 24.3 Å². The van der Waals surface area contributed by atoms with E-state index in [9.17, 15) is 4.79 Å². The first-order valence-electron chi connectivity index (χ1n) is 6.44. The van der Waals surface area contributed by atoms with Gasteiger partial charge >= 0.3 is 6.09 Å². The molecule has 0 saturated heterocycles. The molecule has 1 aromatic rings. The average Bonchev–Trinajstić information content (AvgIpc) is 2.36. The third-order valence-electron chi connectivity index (χ3n) is 3.56. The molecular formula is C15H23NO2. The lowest BCUT2D eigenvalue weighted by atomic mass is 9.83. The van der Waals surface area contributed by atoms with E-state index in [1.54, 1.807) is 0 Å². The maximum atomic E-state index is 10.5. The second kappa shape index (κ2) is 5.89. The Kier molecular flexibility index (Phi) is 4.76. The Morgan fingerprint density at radius 2 is 1.89 bits per heavy atom. The highest BCUT2D eigenvalue weighted by atomic mass is 16.4. The van der Waals surface area contributed by atoms with Crippen molar-refractivity contribution in [3.63, 3.8) is 0 Å². The van der Waals surface area contributed by atoms with Crippen LogP contribution in [0.3, 0.4) is 0 Å². The van der Waals surface area contributed by atoms with Crippen LogP contribution < -0.4 is 5.32 Å². The molecule has 0 bridgehead atoms. The fourth-order valence-electron chi connectivity index (χ4n) is 1.90. The van der Waals surface area contributed by atoms with Crippen LogP contribution >= 0.6 is 0 Å². The first kappa shape index (κ1) is 14.6.